The number of β-amino-alcohol motifs (C(OH)–C–C–N with tert-alkyl or cyclic N) is 1. The minimum Gasteiger partial charge on any atom is -0.391 e. The fourth-order valence-corrected chi connectivity index (χ4v) is 2.12. The Balaban J connectivity index is 2.41. The summed E-state index contributed by atoms with van der Waals surface area (Å²) in [5, 5.41) is 13.8. The summed E-state index contributed by atoms with van der Waals surface area (Å²) in [4.78, 5) is 25.3. The zero-order valence-electron chi connectivity index (χ0n) is 10.8. The second-order valence-electron chi connectivity index (χ2n) is 4.87. The Morgan fingerprint density at radius 3 is 2.61 bits per heavy atom. The summed E-state index contributed by atoms with van der Waals surface area (Å²) in [5.41, 5.74) is -0.866. The third-order valence-corrected chi connectivity index (χ3v) is 3.52. The number of piperidine rings is 1. The van der Waals surface area contributed by atoms with Crippen LogP contribution < -0.4 is 16.1 Å². The topological polar surface area (TPSA) is 80.4 Å². The van der Waals surface area contributed by atoms with Gasteiger partial charge in [-0.15, -0.1) is 5.10 Å². The van der Waals surface area contributed by atoms with Gasteiger partial charge >= 0.3 is 5.69 Å². The van der Waals surface area contributed by atoms with Crippen LogP contribution in [0, 0.1) is 5.92 Å². The van der Waals surface area contributed by atoms with E-state index in [0.717, 1.165) is 15.7 Å². The Hall–Kier alpha value is -1.63. The van der Waals surface area contributed by atoms with E-state index in [2.05, 4.69) is 5.10 Å². The van der Waals surface area contributed by atoms with E-state index in [1.54, 1.807) is 4.90 Å². The molecular formula is C11H18N4O3. The van der Waals surface area contributed by atoms with Crippen LogP contribution in [-0.2, 0) is 14.1 Å². The van der Waals surface area contributed by atoms with Crippen molar-refractivity contribution in [1.82, 2.24) is 14.3 Å². The number of anilines is 1. The predicted octanol–water partition coefficient (Wildman–Crippen LogP) is -1.31. The molecule has 1 N–H and O–H groups in total. The number of aliphatic hydroxyl groups excluding tert-OH is 1. The maximum absolute atomic E-state index is 12.0. The SMILES string of the molecule is CC1CCN(c2nn(C)c(=O)n(C)c2=O)CC1O. The predicted molar refractivity (Wildman–Crippen MR) is 66.7 cm³/mol. The number of hydrogen-bond donors (Lipinski definition) is 1. The van der Waals surface area contributed by atoms with Gasteiger partial charge in [0, 0.05) is 27.2 Å². The number of hydrogen-bond acceptors (Lipinski definition) is 5. The van der Waals surface area contributed by atoms with Crippen molar-refractivity contribution >= 4 is 5.82 Å². The molecule has 1 saturated heterocycles. The van der Waals surface area contributed by atoms with Crippen molar-refractivity contribution in [2.75, 3.05) is 18.0 Å². The molecule has 1 aromatic rings. The Morgan fingerprint density at radius 1 is 1.33 bits per heavy atom. The van der Waals surface area contributed by atoms with Crippen molar-refractivity contribution in [2.45, 2.75) is 19.4 Å². The molecule has 1 fully saturated rings. The Bertz CT molecular complexity index is 562. The summed E-state index contributed by atoms with van der Waals surface area (Å²) in [7, 11) is 2.94. The minimum absolute atomic E-state index is 0.220. The first kappa shape index (κ1) is 12.8. The van der Waals surface area contributed by atoms with Gasteiger partial charge in [-0.1, -0.05) is 6.92 Å². The molecule has 0 aliphatic carbocycles. The summed E-state index contributed by atoms with van der Waals surface area (Å²) < 4.78 is 2.17. The lowest BCUT2D eigenvalue weighted by molar-refractivity contribution is 0.102. The largest absolute Gasteiger partial charge is 0.391 e. The zero-order valence-corrected chi connectivity index (χ0v) is 10.8. The first-order chi connectivity index (χ1) is 8.41. The van der Waals surface area contributed by atoms with Gasteiger partial charge in [0.15, 0.2) is 0 Å². The number of aromatic nitrogens is 3. The third-order valence-electron chi connectivity index (χ3n) is 3.52. The molecule has 2 rings (SSSR count). The van der Waals surface area contributed by atoms with E-state index >= 15 is 0 Å². The highest BCUT2D eigenvalue weighted by molar-refractivity contribution is 5.35. The highest BCUT2D eigenvalue weighted by Crippen LogP contribution is 2.19. The summed E-state index contributed by atoms with van der Waals surface area (Å²) in [6.45, 7) is 3.02. The number of nitrogens with zero attached hydrogens (tertiary/aromatic N) is 4. The summed E-state index contributed by atoms with van der Waals surface area (Å²) in [6, 6.07) is 0. The van der Waals surface area contributed by atoms with Gasteiger partial charge in [-0.3, -0.25) is 9.36 Å². The second kappa shape index (κ2) is 4.56. The van der Waals surface area contributed by atoms with E-state index in [-0.39, 0.29) is 11.7 Å². The maximum Gasteiger partial charge on any atom is 0.346 e. The first-order valence-corrected chi connectivity index (χ1v) is 5.99. The van der Waals surface area contributed by atoms with E-state index in [0.29, 0.717) is 13.1 Å². The fraction of sp³-hybridized carbons (Fsp3) is 0.727. The maximum atomic E-state index is 12.0. The first-order valence-electron chi connectivity index (χ1n) is 5.99. The Morgan fingerprint density at radius 2 is 2.00 bits per heavy atom. The van der Waals surface area contributed by atoms with Crippen molar-refractivity contribution in [3.8, 4) is 0 Å². The number of rotatable bonds is 1. The average molecular weight is 254 g/mol. The van der Waals surface area contributed by atoms with Crippen molar-refractivity contribution in [2.24, 2.45) is 20.0 Å². The molecule has 0 spiro atoms. The van der Waals surface area contributed by atoms with E-state index in [9.17, 15) is 14.7 Å². The Labute approximate surface area is 104 Å². The standard InChI is InChI=1S/C11H18N4O3/c1-7-4-5-15(6-8(7)16)9-10(17)13(2)11(18)14(3)12-9/h7-8,16H,4-6H2,1-3H3. The molecule has 0 saturated carbocycles. The molecule has 1 aliphatic heterocycles. The minimum atomic E-state index is -0.470. The lowest BCUT2D eigenvalue weighted by atomic mass is 9.96. The summed E-state index contributed by atoms with van der Waals surface area (Å²) in [5.74, 6) is 0.447. The van der Waals surface area contributed by atoms with Crippen LogP contribution >= 0.6 is 0 Å². The van der Waals surface area contributed by atoms with Gasteiger partial charge in [-0.25, -0.2) is 9.48 Å². The van der Waals surface area contributed by atoms with Crippen LogP contribution in [0.4, 0.5) is 5.82 Å². The third kappa shape index (κ3) is 2.05. The smallest absolute Gasteiger partial charge is 0.346 e. The Kier molecular flexibility index (Phi) is 3.25. The quantitative estimate of drug-likeness (QED) is 0.673. The van der Waals surface area contributed by atoms with E-state index < -0.39 is 17.4 Å². The number of aryl methyl sites for hydroxylation is 1. The van der Waals surface area contributed by atoms with Crippen LogP contribution in [0.5, 0.6) is 0 Å². The van der Waals surface area contributed by atoms with Gasteiger partial charge < -0.3 is 10.0 Å². The van der Waals surface area contributed by atoms with E-state index in [1.807, 2.05) is 6.92 Å². The molecule has 7 heteroatoms. The van der Waals surface area contributed by atoms with Crippen LogP contribution in [0.15, 0.2) is 9.59 Å². The lowest BCUT2D eigenvalue weighted by Crippen LogP contribution is -2.48. The van der Waals surface area contributed by atoms with Crippen LogP contribution in [0.3, 0.4) is 0 Å². The molecule has 0 aromatic carbocycles. The highest BCUT2D eigenvalue weighted by atomic mass is 16.3. The van der Waals surface area contributed by atoms with Crippen molar-refractivity contribution < 1.29 is 5.11 Å². The van der Waals surface area contributed by atoms with Gasteiger partial charge in [0.25, 0.3) is 5.56 Å². The van der Waals surface area contributed by atoms with Gasteiger partial charge in [0.05, 0.1) is 6.10 Å². The molecule has 7 nitrogen and oxygen atoms in total. The van der Waals surface area contributed by atoms with Gasteiger partial charge in [0.2, 0.25) is 5.82 Å². The van der Waals surface area contributed by atoms with Crippen molar-refractivity contribution in [3.63, 3.8) is 0 Å². The molecule has 0 amide bonds. The molecular weight excluding hydrogens is 236 g/mol. The molecule has 2 unspecified atom stereocenters. The molecule has 100 valence electrons. The van der Waals surface area contributed by atoms with Gasteiger partial charge in [-0.2, -0.15) is 0 Å². The van der Waals surface area contributed by atoms with Crippen LogP contribution in [0.1, 0.15) is 13.3 Å². The van der Waals surface area contributed by atoms with Gasteiger partial charge in [-0.05, 0) is 12.3 Å². The summed E-state index contributed by atoms with van der Waals surface area (Å²) in [6.07, 6.45) is 0.331. The molecule has 0 bridgehead atoms. The highest BCUT2D eigenvalue weighted by Gasteiger charge is 2.27. The van der Waals surface area contributed by atoms with Crippen molar-refractivity contribution in [3.05, 3.63) is 20.8 Å². The molecule has 1 aromatic heterocycles. The molecule has 0 radical (unpaired) electrons. The molecule has 2 atom stereocenters. The lowest BCUT2D eigenvalue weighted by Gasteiger charge is -2.34. The van der Waals surface area contributed by atoms with Crippen LogP contribution in [0.25, 0.3) is 0 Å². The second-order valence-corrected chi connectivity index (χ2v) is 4.87. The monoisotopic (exact) mass is 254 g/mol. The normalized spacial score (nSPS) is 24.3. The van der Waals surface area contributed by atoms with Crippen LogP contribution in [-0.4, -0.2) is 38.6 Å². The van der Waals surface area contributed by atoms with Gasteiger partial charge in [0.1, 0.15) is 0 Å². The zero-order chi connectivity index (χ0) is 13.4. The van der Waals surface area contributed by atoms with E-state index in [4.69, 9.17) is 0 Å². The molecule has 2 heterocycles. The van der Waals surface area contributed by atoms with E-state index in [1.165, 1.54) is 14.1 Å². The number of aliphatic hydroxyl groups is 1. The summed E-state index contributed by atoms with van der Waals surface area (Å²) >= 11 is 0. The molecule has 1 aliphatic rings. The average Bonchev–Trinajstić information content (AvgIpc) is 2.35. The molecule has 18 heavy (non-hydrogen) atoms. The van der Waals surface area contributed by atoms with Crippen molar-refractivity contribution in [1.29, 1.82) is 0 Å². The van der Waals surface area contributed by atoms with Crippen LogP contribution in [0.2, 0.25) is 0 Å². The fourth-order valence-electron chi connectivity index (χ4n) is 2.12.